The summed E-state index contributed by atoms with van der Waals surface area (Å²) in [5, 5.41) is 2.34. The molecule has 2 fully saturated rings. The van der Waals surface area contributed by atoms with E-state index in [1.165, 1.54) is 23.6 Å². The van der Waals surface area contributed by atoms with Crippen LogP contribution in [0.1, 0.15) is 24.2 Å². The van der Waals surface area contributed by atoms with Crippen molar-refractivity contribution >= 4 is 35.8 Å². The molecule has 0 spiro atoms. The van der Waals surface area contributed by atoms with Gasteiger partial charge in [-0.15, -0.1) is 11.8 Å². The fraction of sp³-hybridized carbons (Fsp3) is 0.304. The van der Waals surface area contributed by atoms with E-state index in [0.29, 0.717) is 6.29 Å². The van der Waals surface area contributed by atoms with E-state index in [4.69, 9.17) is 4.74 Å². The first kappa shape index (κ1) is 21.1. The van der Waals surface area contributed by atoms with Gasteiger partial charge in [-0.05, 0) is 11.1 Å². The minimum atomic E-state index is -1.46. The third-order valence-corrected chi connectivity index (χ3v) is 7.08. The van der Waals surface area contributed by atoms with Gasteiger partial charge in [0.25, 0.3) is 0 Å². The number of rotatable bonds is 6. The Kier molecular flexibility index (Phi) is 5.82. The molecule has 4 rings (SSSR count). The van der Waals surface area contributed by atoms with Gasteiger partial charge in [0.1, 0.15) is 23.1 Å². The van der Waals surface area contributed by atoms with Gasteiger partial charge in [0, 0.05) is 19.2 Å². The summed E-state index contributed by atoms with van der Waals surface area (Å²) in [5.41, 5.74) is 0.116. The molecule has 3 atom stereocenters. The van der Waals surface area contributed by atoms with Crippen molar-refractivity contribution in [2.24, 2.45) is 5.41 Å². The molecule has 2 aromatic carbocycles. The second kappa shape index (κ2) is 8.55. The maximum absolute atomic E-state index is 13.3. The largest absolute Gasteiger partial charge is 0.452 e. The van der Waals surface area contributed by atoms with Crippen molar-refractivity contribution < 1.29 is 23.9 Å². The molecule has 2 aliphatic heterocycles. The third-order valence-electron chi connectivity index (χ3n) is 5.53. The van der Waals surface area contributed by atoms with E-state index in [-0.39, 0.29) is 29.5 Å². The van der Waals surface area contributed by atoms with Crippen molar-refractivity contribution in [2.45, 2.75) is 24.4 Å². The summed E-state index contributed by atoms with van der Waals surface area (Å²) in [4.78, 5) is 50.6. The number of hydrogen-bond acceptors (Lipinski definition) is 6. The van der Waals surface area contributed by atoms with Crippen LogP contribution in [0.5, 0.6) is 0 Å². The van der Waals surface area contributed by atoms with Crippen LogP contribution in [0, 0.1) is 5.41 Å². The lowest BCUT2D eigenvalue weighted by molar-refractivity contribution is -0.166. The average Bonchev–Trinajstić information content (AvgIpc) is 2.81. The van der Waals surface area contributed by atoms with Gasteiger partial charge in [0.15, 0.2) is 6.10 Å². The number of esters is 1. The number of carbonyl (C=O) groups is 4. The highest BCUT2D eigenvalue weighted by Crippen LogP contribution is 2.42. The van der Waals surface area contributed by atoms with E-state index in [0.717, 1.165) is 11.1 Å². The van der Waals surface area contributed by atoms with E-state index in [9.17, 15) is 19.2 Å². The number of β-lactam (4-membered cyclic amide) rings is 1. The van der Waals surface area contributed by atoms with Gasteiger partial charge in [-0.2, -0.15) is 0 Å². The average molecular weight is 439 g/mol. The normalized spacial score (nSPS) is 24.7. The summed E-state index contributed by atoms with van der Waals surface area (Å²) in [6.45, 7) is 1.29. The number of benzene rings is 2. The Morgan fingerprint density at radius 1 is 1.13 bits per heavy atom. The van der Waals surface area contributed by atoms with Gasteiger partial charge < -0.3 is 19.7 Å². The van der Waals surface area contributed by atoms with Crippen molar-refractivity contribution in [3.63, 3.8) is 0 Å². The van der Waals surface area contributed by atoms with Gasteiger partial charge in [-0.1, -0.05) is 60.7 Å². The van der Waals surface area contributed by atoms with Crippen LogP contribution in [0.3, 0.4) is 0 Å². The minimum absolute atomic E-state index is 0.0573. The van der Waals surface area contributed by atoms with Crippen molar-refractivity contribution in [2.75, 3.05) is 12.3 Å². The van der Waals surface area contributed by atoms with Crippen molar-refractivity contribution in [1.29, 1.82) is 0 Å². The molecule has 8 heteroatoms. The molecule has 2 aliphatic rings. The SMILES string of the molecule is CC(=O)NC1C(=O)N2CC(C=O)(C(=O)OC(c3ccccc3)c3ccccc3)CS[C@H]12. The van der Waals surface area contributed by atoms with Crippen LogP contribution in [-0.2, 0) is 23.9 Å². The summed E-state index contributed by atoms with van der Waals surface area (Å²) in [6, 6.07) is 18.0. The number of thioether (sulfide) groups is 1. The van der Waals surface area contributed by atoms with Crippen LogP contribution in [-0.4, -0.2) is 52.7 Å². The molecule has 160 valence electrons. The Bertz CT molecular complexity index is 960. The monoisotopic (exact) mass is 438 g/mol. The van der Waals surface area contributed by atoms with E-state index in [1.807, 2.05) is 60.7 Å². The zero-order valence-electron chi connectivity index (χ0n) is 16.9. The molecule has 2 heterocycles. The lowest BCUT2D eigenvalue weighted by Gasteiger charge is -2.52. The van der Waals surface area contributed by atoms with Crippen LogP contribution in [0.15, 0.2) is 60.7 Å². The number of ether oxygens (including phenoxy) is 1. The van der Waals surface area contributed by atoms with Gasteiger partial charge in [0.05, 0.1) is 0 Å². The van der Waals surface area contributed by atoms with Crippen LogP contribution in [0.4, 0.5) is 0 Å². The summed E-state index contributed by atoms with van der Waals surface area (Å²) in [6.07, 6.45) is -0.0846. The van der Waals surface area contributed by atoms with Crippen LogP contribution >= 0.6 is 11.8 Å². The number of amides is 2. The maximum Gasteiger partial charge on any atom is 0.322 e. The molecule has 31 heavy (non-hydrogen) atoms. The fourth-order valence-electron chi connectivity index (χ4n) is 3.87. The molecule has 2 aromatic rings. The molecule has 2 amide bonds. The fourth-order valence-corrected chi connectivity index (χ4v) is 5.35. The second-order valence-electron chi connectivity index (χ2n) is 7.73. The van der Waals surface area contributed by atoms with Crippen molar-refractivity contribution in [1.82, 2.24) is 10.2 Å². The zero-order chi connectivity index (χ0) is 22.0. The van der Waals surface area contributed by atoms with Gasteiger partial charge in [-0.25, -0.2) is 0 Å². The Labute approximate surface area is 184 Å². The van der Waals surface area contributed by atoms with E-state index in [1.54, 1.807) is 0 Å². The summed E-state index contributed by atoms with van der Waals surface area (Å²) < 4.78 is 5.90. The summed E-state index contributed by atoms with van der Waals surface area (Å²) in [5.74, 6) is -1.08. The number of nitrogens with one attached hydrogen (secondary N) is 1. The Morgan fingerprint density at radius 3 is 2.23 bits per heavy atom. The van der Waals surface area contributed by atoms with E-state index < -0.39 is 23.5 Å². The smallest absolute Gasteiger partial charge is 0.322 e. The molecule has 0 radical (unpaired) electrons. The second-order valence-corrected chi connectivity index (χ2v) is 8.83. The molecular weight excluding hydrogens is 416 g/mol. The molecular formula is C23H22N2O5S. The first-order chi connectivity index (χ1) is 14.9. The van der Waals surface area contributed by atoms with Gasteiger partial charge in [-0.3, -0.25) is 14.4 Å². The Morgan fingerprint density at radius 2 is 1.71 bits per heavy atom. The topological polar surface area (TPSA) is 92.8 Å². The number of aldehydes is 1. The summed E-state index contributed by atoms with van der Waals surface area (Å²) in [7, 11) is 0. The maximum atomic E-state index is 13.3. The molecule has 0 saturated carbocycles. The highest BCUT2D eigenvalue weighted by atomic mass is 32.2. The lowest BCUT2D eigenvalue weighted by Crippen LogP contribution is -2.73. The minimum Gasteiger partial charge on any atom is -0.452 e. The number of hydrogen-bond donors (Lipinski definition) is 1. The number of fused-ring (bicyclic) bond motifs is 1. The quantitative estimate of drug-likeness (QED) is 0.321. The predicted octanol–water partition coefficient (Wildman–Crippen LogP) is 1.92. The number of carbonyl (C=O) groups excluding carboxylic acids is 4. The Hall–Kier alpha value is -3.13. The lowest BCUT2D eigenvalue weighted by atomic mass is 9.88. The molecule has 2 saturated heterocycles. The molecule has 7 nitrogen and oxygen atoms in total. The highest BCUT2D eigenvalue weighted by molar-refractivity contribution is 8.00. The highest BCUT2D eigenvalue weighted by Gasteiger charge is 2.58. The number of nitrogens with zero attached hydrogens (tertiary/aromatic N) is 1. The first-order valence-corrected chi connectivity index (χ1v) is 11.0. The van der Waals surface area contributed by atoms with E-state index >= 15 is 0 Å². The molecule has 2 unspecified atom stereocenters. The molecule has 1 N–H and O–H groups in total. The van der Waals surface area contributed by atoms with Crippen LogP contribution in [0.2, 0.25) is 0 Å². The van der Waals surface area contributed by atoms with Crippen LogP contribution < -0.4 is 5.32 Å². The molecule has 0 aromatic heterocycles. The van der Waals surface area contributed by atoms with Crippen molar-refractivity contribution in [3.8, 4) is 0 Å². The Balaban J connectivity index is 1.55. The standard InChI is InChI=1S/C23H22N2O5S/c1-15(27)24-18-20(28)25-12-23(13-26,14-31-21(18)25)22(29)30-19(16-8-4-2-5-9-16)17-10-6-3-7-11-17/h2-11,13,18-19,21H,12,14H2,1H3,(H,24,27)/t18?,21-,23?/m1/s1. The first-order valence-electron chi connectivity index (χ1n) is 9.92. The summed E-state index contributed by atoms with van der Waals surface area (Å²) >= 11 is 1.30. The predicted molar refractivity (Wildman–Crippen MR) is 115 cm³/mol. The third kappa shape index (κ3) is 3.95. The van der Waals surface area contributed by atoms with Crippen molar-refractivity contribution in [3.05, 3.63) is 71.8 Å². The van der Waals surface area contributed by atoms with Crippen LogP contribution in [0.25, 0.3) is 0 Å². The van der Waals surface area contributed by atoms with E-state index in [2.05, 4.69) is 5.32 Å². The molecule has 0 bridgehead atoms. The zero-order valence-corrected chi connectivity index (χ0v) is 17.7. The van der Waals surface area contributed by atoms with Gasteiger partial charge in [0.2, 0.25) is 11.8 Å². The molecule has 0 aliphatic carbocycles. The van der Waals surface area contributed by atoms with Gasteiger partial charge >= 0.3 is 5.97 Å².